The number of carbonyl (C=O) groups is 2. The molecule has 0 aliphatic heterocycles. The van der Waals surface area contributed by atoms with Gasteiger partial charge in [-0.3, -0.25) is 9.59 Å². The zero-order valence-electron chi connectivity index (χ0n) is 12.5. The molecule has 0 bridgehead atoms. The van der Waals surface area contributed by atoms with E-state index in [0.29, 0.717) is 6.42 Å². The van der Waals surface area contributed by atoms with Gasteiger partial charge in [0.2, 0.25) is 0 Å². The number of rotatable bonds is 5. The zero-order valence-corrected chi connectivity index (χ0v) is 15.0. The van der Waals surface area contributed by atoms with Gasteiger partial charge in [-0.05, 0) is 11.8 Å². The molecule has 0 aromatic heterocycles. The molecule has 0 aromatic carbocycles. The molecule has 0 aliphatic carbocycles. The molecule has 0 amide bonds. The smallest absolute Gasteiger partial charge is 1.00 e. The predicted octanol–water partition coefficient (Wildman–Crippen LogP) is 2.22. The van der Waals surface area contributed by atoms with Crippen molar-refractivity contribution >= 4 is 60.8 Å². The number of hydrogen-bond acceptors (Lipinski definition) is 2. The Bertz CT molecular complexity index is 250. The second-order valence-corrected chi connectivity index (χ2v) is 4.87. The van der Waals surface area contributed by atoms with Crippen LogP contribution in [0.25, 0.3) is 0 Å². The number of aliphatic carboxylic acids is 2. The molecule has 0 atom stereocenters. The van der Waals surface area contributed by atoms with Crippen LogP contribution in [0.4, 0.5) is 0 Å². The van der Waals surface area contributed by atoms with Crippen LogP contribution in [0.15, 0.2) is 0 Å². The molecule has 0 spiro atoms. The first-order valence-corrected chi connectivity index (χ1v) is 5.17. The number of unbranched alkanes of at least 4 members (excludes halogenated alkanes) is 1. The summed E-state index contributed by atoms with van der Waals surface area (Å²) in [5.41, 5.74) is -2.47. The molecule has 0 heterocycles. The number of carboxylic acid groups (broad SMARTS) is 2. The number of carboxylic acids is 2. The fraction of sp³-hybridized carbons (Fsp3) is 0.818. The van der Waals surface area contributed by atoms with Gasteiger partial charge in [0.05, 0.1) is 0 Å². The van der Waals surface area contributed by atoms with E-state index in [9.17, 15) is 19.8 Å². The standard InChI is InChI=1S/C11H20O4.Ba.2H/c1-5-6-7-11(8(12)13,9(14)15)10(2,3)4;;;/h5-7H2,1-4H3,(H,12,13)(H,14,15);;;/q;+2;2*-1. The van der Waals surface area contributed by atoms with Gasteiger partial charge in [0.15, 0.2) is 5.41 Å². The van der Waals surface area contributed by atoms with E-state index >= 15 is 0 Å². The van der Waals surface area contributed by atoms with Gasteiger partial charge in [-0.25, -0.2) is 0 Å². The third-order valence-corrected chi connectivity index (χ3v) is 2.92. The quantitative estimate of drug-likeness (QED) is 0.586. The van der Waals surface area contributed by atoms with Crippen LogP contribution in [-0.4, -0.2) is 71.0 Å². The molecule has 0 aromatic rings. The first kappa shape index (κ1) is 18.9. The molecule has 0 saturated heterocycles. The fourth-order valence-electron chi connectivity index (χ4n) is 1.76. The van der Waals surface area contributed by atoms with Gasteiger partial charge in [-0.1, -0.05) is 40.5 Å². The van der Waals surface area contributed by atoms with Crippen molar-refractivity contribution in [1.82, 2.24) is 0 Å². The Labute approximate surface area is 140 Å². The molecule has 92 valence electrons. The van der Waals surface area contributed by atoms with E-state index in [2.05, 4.69) is 0 Å². The Morgan fingerprint density at radius 2 is 1.50 bits per heavy atom. The largest absolute Gasteiger partial charge is 2.00 e. The monoisotopic (exact) mass is 356 g/mol. The normalized spacial score (nSPS) is 11.8. The summed E-state index contributed by atoms with van der Waals surface area (Å²) >= 11 is 0. The van der Waals surface area contributed by atoms with Gasteiger partial charge in [-0.15, -0.1) is 0 Å². The topological polar surface area (TPSA) is 74.6 Å². The summed E-state index contributed by atoms with van der Waals surface area (Å²) in [4.78, 5) is 22.5. The summed E-state index contributed by atoms with van der Waals surface area (Å²) in [5, 5.41) is 18.4. The average molecular weight is 356 g/mol. The van der Waals surface area contributed by atoms with E-state index in [1.54, 1.807) is 20.8 Å². The van der Waals surface area contributed by atoms with Crippen molar-refractivity contribution in [1.29, 1.82) is 0 Å². The van der Waals surface area contributed by atoms with Crippen LogP contribution in [0, 0.1) is 10.8 Å². The Hall–Kier alpha value is 0.511. The minimum absolute atomic E-state index is 0. The van der Waals surface area contributed by atoms with Crippen molar-refractivity contribution in [3.63, 3.8) is 0 Å². The van der Waals surface area contributed by atoms with Gasteiger partial charge in [0, 0.05) is 0 Å². The molecule has 0 radical (unpaired) electrons. The summed E-state index contributed by atoms with van der Waals surface area (Å²) < 4.78 is 0. The molecule has 4 nitrogen and oxygen atoms in total. The summed E-state index contributed by atoms with van der Waals surface area (Å²) in [6.07, 6.45) is 1.58. The van der Waals surface area contributed by atoms with Crippen molar-refractivity contribution in [2.75, 3.05) is 0 Å². The fourth-order valence-corrected chi connectivity index (χ4v) is 1.76. The van der Waals surface area contributed by atoms with Gasteiger partial charge in [0.1, 0.15) is 0 Å². The first-order chi connectivity index (χ1) is 6.70. The first-order valence-electron chi connectivity index (χ1n) is 5.17. The third kappa shape index (κ3) is 3.77. The van der Waals surface area contributed by atoms with Crippen molar-refractivity contribution in [2.45, 2.75) is 47.0 Å². The summed E-state index contributed by atoms with van der Waals surface area (Å²) in [6.45, 7) is 6.89. The van der Waals surface area contributed by atoms with Crippen molar-refractivity contribution in [2.24, 2.45) is 10.8 Å². The second-order valence-electron chi connectivity index (χ2n) is 4.87. The summed E-state index contributed by atoms with van der Waals surface area (Å²) in [7, 11) is 0. The maximum absolute atomic E-state index is 11.2. The van der Waals surface area contributed by atoms with E-state index in [1.807, 2.05) is 6.92 Å². The second kappa shape index (κ2) is 7.06. The van der Waals surface area contributed by atoms with Gasteiger partial charge in [0.25, 0.3) is 0 Å². The molecule has 0 fully saturated rings. The SMILES string of the molecule is CCCCC(C(=O)O)(C(=O)O)C(C)(C)C.[Ba+2].[H-].[H-]. The zero-order chi connectivity index (χ0) is 12.3. The summed E-state index contributed by atoms with van der Waals surface area (Å²) in [5.74, 6) is -2.48. The van der Waals surface area contributed by atoms with Crippen molar-refractivity contribution in [3.8, 4) is 0 Å². The molecule has 16 heavy (non-hydrogen) atoms. The molecule has 5 heteroatoms. The van der Waals surface area contributed by atoms with E-state index in [-0.39, 0.29) is 58.2 Å². The Morgan fingerprint density at radius 1 is 1.12 bits per heavy atom. The molecule has 2 N–H and O–H groups in total. The Balaban J connectivity index is -0.000000327. The minimum Gasteiger partial charge on any atom is -1.00 e. The van der Waals surface area contributed by atoms with Crippen molar-refractivity contribution in [3.05, 3.63) is 0 Å². The average Bonchev–Trinajstić information content (AvgIpc) is 2.01. The molecule has 0 rings (SSSR count). The van der Waals surface area contributed by atoms with Gasteiger partial charge < -0.3 is 13.1 Å². The van der Waals surface area contributed by atoms with E-state index in [4.69, 9.17) is 0 Å². The van der Waals surface area contributed by atoms with Crippen LogP contribution in [0.2, 0.25) is 0 Å². The third-order valence-electron chi connectivity index (χ3n) is 2.92. The van der Waals surface area contributed by atoms with E-state index in [0.717, 1.165) is 6.42 Å². The molecule has 0 unspecified atom stereocenters. The van der Waals surface area contributed by atoms with Crippen LogP contribution in [0.5, 0.6) is 0 Å². The Kier molecular flexibility index (Phi) is 8.32. The molecular formula is C11H22BaO4. The minimum atomic E-state index is -1.68. The van der Waals surface area contributed by atoms with Crippen molar-refractivity contribution < 1.29 is 22.7 Å². The van der Waals surface area contributed by atoms with Crippen LogP contribution in [0.1, 0.15) is 49.8 Å². The summed E-state index contributed by atoms with van der Waals surface area (Å²) in [6, 6.07) is 0. The van der Waals surface area contributed by atoms with Crippen LogP contribution < -0.4 is 0 Å². The van der Waals surface area contributed by atoms with Gasteiger partial charge >= 0.3 is 60.8 Å². The molecule has 0 saturated carbocycles. The molecule has 0 aliphatic rings. The molecular weight excluding hydrogens is 333 g/mol. The van der Waals surface area contributed by atoms with Crippen LogP contribution >= 0.6 is 0 Å². The van der Waals surface area contributed by atoms with Crippen LogP contribution in [0.3, 0.4) is 0 Å². The number of hydrogen-bond donors (Lipinski definition) is 2. The Morgan fingerprint density at radius 3 is 1.69 bits per heavy atom. The van der Waals surface area contributed by atoms with E-state index < -0.39 is 22.8 Å². The van der Waals surface area contributed by atoms with E-state index in [1.165, 1.54) is 0 Å². The van der Waals surface area contributed by atoms with Gasteiger partial charge in [-0.2, -0.15) is 0 Å². The maximum Gasteiger partial charge on any atom is 2.00 e. The predicted molar refractivity (Wildman–Crippen MR) is 64.7 cm³/mol. The maximum atomic E-state index is 11.2. The van der Waals surface area contributed by atoms with Crippen LogP contribution in [-0.2, 0) is 9.59 Å².